The van der Waals surface area contributed by atoms with Crippen LogP contribution >= 0.6 is 0 Å². The van der Waals surface area contributed by atoms with Gasteiger partial charge in [-0.3, -0.25) is 4.79 Å². The number of rotatable bonds is 67. The van der Waals surface area contributed by atoms with Crippen molar-refractivity contribution in [3.63, 3.8) is 0 Å². The smallest absolute Gasteiger partial charge is 0.220 e. The topological polar surface area (TPSA) is 149 Å². The van der Waals surface area contributed by atoms with Crippen LogP contribution in [0.25, 0.3) is 0 Å². The fraction of sp³-hybridized carbons (Fsp3) is 0.768. The molecule has 0 radical (unpaired) electrons. The summed E-state index contributed by atoms with van der Waals surface area (Å²) in [5, 5.41) is 54.8. The van der Waals surface area contributed by atoms with Crippen LogP contribution in [0.15, 0.2) is 109 Å². The van der Waals surface area contributed by atoms with Gasteiger partial charge in [-0.1, -0.05) is 354 Å². The molecule has 91 heavy (non-hydrogen) atoms. The maximum absolute atomic E-state index is 13.2. The molecule has 0 aliphatic carbocycles. The number of carbonyl (C=O) groups excluding carboxylic acids is 1. The summed E-state index contributed by atoms with van der Waals surface area (Å²) in [5.41, 5.74) is 0. The quantitative estimate of drug-likeness (QED) is 0.0261. The molecule has 9 heteroatoms. The van der Waals surface area contributed by atoms with Crippen molar-refractivity contribution in [3.05, 3.63) is 109 Å². The lowest BCUT2D eigenvalue weighted by Gasteiger charge is -2.40. The first-order valence-corrected chi connectivity index (χ1v) is 38.6. The molecule has 7 unspecified atom stereocenters. The predicted octanol–water partition coefficient (Wildman–Crippen LogP) is 22.0. The van der Waals surface area contributed by atoms with E-state index in [1.807, 2.05) is 6.08 Å². The van der Waals surface area contributed by atoms with Crippen molar-refractivity contribution in [3.8, 4) is 0 Å². The molecule has 0 saturated carbocycles. The minimum Gasteiger partial charge on any atom is -0.394 e. The first-order chi connectivity index (χ1) is 44.8. The van der Waals surface area contributed by atoms with Gasteiger partial charge in [0.2, 0.25) is 5.91 Å². The van der Waals surface area contributed by atoms with Crippen LogP contribution < -0.4 is 5.32 Å². The zero-order valence-corrected chi connectivity index (χ0v) is 59.1. The highest BCUT2D eigenvalue weighted by molar-refractivity contribution is 5.76. The second-order valence-electron chi connectivity index (χ2n) is 26.4. The van der Waals surface area contributed by atoms with E-state index in [2.05, 4.69) is 116 Å². The number of hydrogen-bond acceptors (Lipinski definition) is 8. The average molecular weight is 1270 g/mol. The number of ether oxygens (including phenoxy) is 2. The van der Waals surface area contributed by atoms with Gasteiger partial charge in [0.05, 0.1) is 25.4 Å². The Bertz CT molecular complexity index is 1810. The van der Waals surface area contributed by atoms with Crippen LogP contribution in [0.3, 0.4) is 0 Å². The van der Waals surface area contributed by atoms with Gasteiger partial charge in [-0.25, -0.2) is 0 Å². The maximum atomic E-state index is 13.2. The van der Waals surface area contributed by atoms with Crippen LogP contribution in [0.5, 0.6) is 0 Å². The zero-order valence-electron chi connectivity index (χ0n) is 59.1. The standard InChI is InChI=1S/C82H145NO8/c1-3-5-7-9-11-13-15-17-19-21-23-25-27-29-31-32-33-34-35-36-37-38-39-40-41-42-43-44-46-48-50-52-54-56-58-60-62-64-66-68-70-72-78(86)83-75(74-90-82-81(89)80(88)79(87)77(73-84)91-82)76(85)71-69-67-65-63-61-59-57-55-53-51-49-47-45-30-28-26-24-22-20-18-16-14-12-10-8-6-4-2/h5,7,11,13,17,19,23,25,29,31,33-34,53,55,61,63,69,71,75-77,79-82,84-85,87-89H,3-4,6,8-10,12,14-16,18,20-22,24,26-28,30,32,35-52,54,56-60,62,64-68,70,72-74H2,1-2H3,(H,83,86)/b7-5-,13-11-,19-17-,25-23-,31-29-,34-33-,55-53+,63-61+,71-69+. The van der Waals surface area contributed by atoms with Crippen LogP contribution in [0.1, 0.15) is 348 Å². The molecule has 1 saturated heterocycles. The van der Waals surface area contributed by atoms with Crippen LogP contribution in [0.2, 0.25) is 0 Å². The second-order valence-corrected chi connectivity index (χ2v) is 26.4. The Balaban J connectivity index is 2.09. The molecular formula is C82H145NO8. The van der Waals surface area contributed by atoms with Gasteiger partial charge in [-0.15, -0.1) is 0 Å². The summed E-state index contributed by atoms with van der Waals surface area (Å²) in [7, 11) is 0. The molecule has 0 aromatic carbocycles. The second kappa shape index (κ2) is 69.7. The number of carbonyl (C=O) groups is 1. The highest BCUT2D eigenvalue weighted by atomic mass is 16.7. The third-order valence-corrected chi connectivity index (χ3v) is 17.8. The van der Waals surface area contributed by atoms with Crippen molar-refractivity contribution in [2.45, 2.75) is 391 Å². The van der Waals surface area contributed by atoms with Crippen LogP contribution in [-0.2, 0) is 14.3 Å². The number of hydrogen-bond donors (Lipinski definition) is 6. The van der Waals surface area contributed by atoms with Gasteiger partial charge < -0.3 is 40.3 Å². The molecule has 0 bridgehead atoms. The number of nitrogens with one attached hydrogen (secondary N) is 1. The number of aliphatic hydroxyl groups is 5. The fourth-order valence-corrected chi connectivity index (χ4v) is 11.8. The number of aliphatic hydroxyl groups excluding tert-OH is 5. The summed E-state index contributed by atoms with van der Waals surface area (Å²) in [6, 6.07) is -0.834. The van der Waals surface area contributed by atoms with Gasteiger partial charge in [0.25, 0.3) is 0 Å². The first-order valence-electron chi connectivity index (χ1n) is 38.6. The van der Waals surface area contributed by atoms with E-state index in [1.165, 1.54) is 244 Å². The SMILES string of the molecule is CC/C=C\C/C=C\C/C=C\C/C=C\C/C=C\C/C=C\CCCCCCCCCCCCCCCCCCCCCCCCC(=O)NC(COC1OC(CO)C(O)C(O)C1O)C(O)/C=C/CC/C=C/CC/C=C/CCCCCCCCCCCCCCCCCCC. The Kier molecular flexibility index (Phi) is 65.7. The fourth-order valence-electron chi connectivity index (χ4n) is 11.8. The Morgan fingerprint density at radius 1 is 0.385 bits per heavy atom. The van der Waals surface area contributed by atoms with Crippen molar-refractivity contribution in [1.29, 1.82) is 0 Å². The van der Waals surface area contributed by atoms with E-state index in [0.29, 0.717) is 6.42 Å². The zero-order chi connectivity index (χ0) is 65.7. The highest BCUT2D eigenvalue weighted by Crippen LogP contribution is 2.23. The Labute approximate surface area is 561 Å². The Hall–Kier alpha value is -3.15. The van der Waals surface area contributed by atoms with E-state index < -0.39 is 49.5 Å². The lowest BCUT2D eigenvalue weighted by molar-refractivity contribution is -0.302. The van der Waals surface area contributed by atoms with Crippen LogP contribution in [-0.4, -0.2) is 87.5 Å². The van der Waals surface area contributed by atoms with Gasteiger partial charge in [-0.2, -0.15) is 0 Å². The van der Waals surface area contributed by atoms with Gasteiger partial charge in [0, 0.05) is 6.42 Å². The number of amides is 1. The molecule has 1 rings (SSSR count). The van der Waals surface area contributed by atoms with Crippen LogP contribution in [0, 0.1) is 0 Å². The molecule has 1 amide bonds. The average Bonchev–Trinajstić information content (AvgIpc) is 1.58. The normalized spacial score (nSPS) is 18.3. The number of unbranched alkanes of at least 4 members (excludes halogenated alkanes) is 41. The first kappa shape index (κ1) is 85.9. The van der Waals surface area contributed by atoms with E-state index >= 15 is 0 Å². The summed E-state index contributed by atoms with van der Waals surface area (Å²) >= 11 is 0. The van der Waals surface area contributed by atoms with E-state index in [9.17, 15) is 30.3 Å². The molecule has 6 N–H and O–H groups in total. The Morgan fingerprint density at radius 3 is 1.05 bits per heavy atom. The molecular weight excluding hydrogens is 1130 g/mol. The summed E-state index contributed by atoms with van der Waals surface area (Å²) in [5.74, 6) is -0.187. The molecule has 9 nitrogen and oxygen atoms in total. The maximum Gasteiger partial charge on any atom is 0.220 e. The number of allylic oxidation sites excluding steroid dienone is 17. The third kappa shape index (κ3) is 58.0. The van der Waals surface area contributed by atoms with Crippen molar-refractivity contribution in [2.75, 3.05) is 13.2 Å². The van der Waals surface area contributed by atoms with E-state index in [1.54, 1.807) is 6.08 Å². The summed E-state index contributed by atoms with van der Waals surface area (Å²) in [6.45, 7) is 3.68. The van der Waals surface area contributed by atoms with Gasteiger partial charge >= 0.3 is 0 Å². The molecule has 1 heterocycles. The molecule has 1 aliphatic heterocycles. The highest BCUT2D eigenvalue weighted by Gasteiger charge is 2.44. The van der Waals surface area contributed by atoms with Crippen molar-refractivity contribution >= 4 is 5.91 Å². The predicted molar refractivity (Wildman–Crippen MR) is 391 cm³/mol. The summed E-state index contributed by atoms with van der Waals surface area (Å²) in [6.07, 6.45) is 96.6. The largest absolute Gasteiger partial charge is 0.394 e. The summed E-state index contributed by atoms with van der Waals surface area (Å²) < 4.78 is 11.3. The van der Waals surface area contributed by atoms with Crippen LogP contribution in [0.4, 0.5) is 0 Å². The van der Waals surface area contributed by atoms with E-state index in [-0.39, 0.29) is 12.5 Å². The lowest BCUT2D eigenvalue weighted by Crippen LogP contribution is -2.60. The van der Waals surface area contributed by atoms with E-state index in [4.69, 9.17) is 9.47 Å². The van der Waals surface area contributed by atoms with Gasteiger partial charge in [0.1, 0.15) is 24.4 Å². The minimum absolute atomic E-state index is 0.187. The Morgan fingerprint density at radius 2 is 0.692 bits per heavy atom. The van der Waals surface area contributed by atoms with Crippen molar-refractivity contribution < 1.29 is 39.8 Å². The van der Waals surface area contributed by atoms with E-state index in [0.717, 1.165) is 83.5 Å². The lowest BCUT2D eigenvalue weighted by atomic mass is 9.99. The van der Waals surface area contributed by atoms with Gasteiger partial charge in [0.15, 0.2) is 6.29 Å². The molecule has 0 aromatic heterocycles. The minimum atomic E-state index is -1.58. The summed E-state index contributed by atoms with van der Waals surface area (Å²) in [4.78, 5) is 13.2. The third-order valence-electron chi connectivity index (χ3n) is 17.8. The van der Waals surface area contributed by atoms with Crippen molar-refractivity contribution in [1.82, 2.24) is 5.32 Å². The molecule has 1 fully saturated rings. The molecule has 0 aromatic rings. The van der Waals surface area contributed by atoms with Gasteiger partial charge in [-0.05, 0) is 96.3 Å². The molecule has 1 aliphatic rings. The molecule has 526 valence electrons. The van der Waals surface area contributed by atoms with Crippen molar-refractivity contribution in [2.24, 2.45) is 0 Å². The monoisotopic (exact) mass is 1270 g/mol. The molecule has 7 atom stereocenters. The molecule has 0 spiro atoms.